The summed E-state index contributed by atoms with van der Waals surface area (Å²) >= 11 is 0. The Labute approximate surface area is 294 Å². The maximum absolute atomic E-state index is 5.24. The van der Waals surface area contributed by atoms with Gasteiger partial charge in [0.15, 0.2) is 17.5 Å². The van der Waals surface area contributed by atoms with E-state index in [4.69, 9.17) is 19.9 Å². The van der Waals surface area contributed by atoms with E-state index in [0.717, 1.165) is 77.1 Å². The number of fused-ring (bicyclic) bond motifs is 7. The number of para-hydroxylation sites is 3. The lowest BCUT2D eigenvalue weighted by atomic mass is 9.97. The molecule has 7 aromatic carbocycles. The van der Waals surface area contributed by atoms with Gasteiger partial charge in [0.2, 0.25) is 0 Å². The molecule has 0 saturated heterocycles. The van der Waals surface area contributed by atoms with Crippen LogP contribution in [0.3, 0.4) is 0 Å². The Kier molecular flexibility index (Phi) is 6.74. The van der Waals surface area contributed by atoms with Crippen molar-refractivity contribution in [2.24, 2.45) is 0 Å². The van der Waals surface area contributed by atoms with Crippen molar-refractivity contribution >= 4 is 43.5 Å². The fourth-order valence-electron chi connectivity index (χ4n) is 7.35. The standard InChI is InChI=1S/C46H29N5/c1-5-16-30(17-6-1)41-37-29-28-35-34-25-15-26-38(46-49-44(31-18-7-2-8-19-31)48-45(50-46)32-20-9-3-10-21-32)42(34)51(33-22-11-4-12-23-33)43(35)40(37)36-24-13-14-27-39(36)47-41/h1-29H. The van der Waals surface area contributed by atoms with Crippen molar-refractivity contribution in [1.29, 1.82) is 0 Å². The van der Waals surface area contributed by atoms with E-state index in [0.29, 0.717) is 17.5 Å². The van der Waals surface area contributed by atoms with Crippen molar-refractivity contribution in [2.75, 3.05) is 0 Å². The SMILES string of the molecule is c1ccc(-c2nc(-c3ccccc3)nc(-c3cccc4c5ccc6c(-c7ccccc7)nc7ccccc7c6c5n(-c5ccccc5)c34)n2)cc1. The van der Waals surface area contributed by atoms with Gasteiger partial charge in [0.25, 0.3) is 0 Å². The summed E-state index contributed by atoms with van der Waals surface area (Å²) in [7, 11) is 0. The normalized spacial score (nSPS) is 11.5. The summed E-state index contributed by atoms with van der Waals surface area (Å²) in [6, 6.07) is 60.8. The van der Waals surface area contributed by atoms with E-state index in [1.54, 1.807) is 0 Å². The Hall–Kier alpha value is -6.98. The lowest BCUT2D eigenvalue weighted by molar-refractivity contribution is 1.07. The van der Waals surface area contributed by atoms with Crippen LogP contribution in [0.15, 0.2) is 176 Å². The molecule has 0 atom stereocenters. The molecule has 5 heteroatoms. The summed E-state index contributed by atoms with van der Waals surface area (Å²) in [4.78, 5) is 20.6. The van der Waals surface area contributed by atoms with E-state index in [2.05, 4.69) is 114 Å². The van der Waals surface area contributed by atoms with Crippen molar-refractivity contribution in [3.63, 3.8) is 0 Å². The Morgan fingerprint density at radius 2 is 0.843 bits per heavy atom. The maximum Gasteiger partial charge on any atom is 0.166 e. The van der Waals surface area contributed by atoms with Crippen LogP contribution in [0.2, 0.25) is 0 Å². The zero-order chi connectivity index (χ0) is 33.7. The molecule has 0 saturated carbocycles. The van der Waals surface area contributed by atoms with E-state index >= 15 is 0 Å². The van der Waals surface area contributed by atoms with Crippen LogP contribution in [0.25, 0.3) is 94.6 Å². The Morgan fingerprint density at radius 1 is 0.333 bits per heavy atom. The van der Waals surface area contributed by atoms with Crippen LogP contribution < -0.4 is 0 Å². The topological polar surface area (TPSA) is 56.5 Å². The molecular weight excluding hydrogens is 623 g/mol. The van der Waals surface area contributed by atoms with Crippen LogP contribution >= 0.6 is 0 Å². The fourth-order valence-corrected chi connectivity index (χ4v) is 7.35. The summed E-state index contributed by atoms with van der Waals surface area (Å²) in [5.74, 6) is 1.89. The van der Waals surface area contributed by atoms with Gasteiger partial charge in [0.05, 0.1) is 22.2 Å². The Morgan fingerprint density at radius 3 is 1.51 bits per heavy atom. The van der Waals surface area contributed by atoms with Crippen LogP contribution in [0.4, 0.5) is 0 Å². The molecule has 10 rings (SSSR count). The van der Waals surface area contributed by atoms with Gasteiger partial charge >= 0.3 is 0 Å². The molecule has 0 spiro atoms. The van der Waals surface area contributed by atoms with Crippen molar-refractivity contribution < 1.29 is 0 Å². The maximum atomic E-state index is 5.24. The van der Waals surface area contributed by atoms with Crippen LogP contribution in [-0.2, 0) is 0 Å². The number of pyridine rings is 1. The summed E-state index contributed by atoms with van der Waals surface area (Å²) in [5.41, 5.74) is 9.03. The zero-order valence-electron chi connectivity index (χ0n) is 27.5. The molecule has 51 heavy (non-hydrogen) atoms. The van der Waals surface area contributed by atoms with Gasteiger partial charge in [0.1, 0.15) is 0 Å². The minimum absolute atomic E-state index is 0.620. The molecule has 10 aromatic rings. The number of nitrogens with zero attached hydrogens (tertiary/aromatic N) is 5. The molecule has 3 aromatic heterocycles. The van der Waals surface area contributed by atoms with Crippen LogP contribution in [0, 0.1) is 0 Å². The van der Waals surface area contributed by atoms with E-state index in [1.807, 2.05) is 66.7 Å². The average Bonchev–Trinajstić information content (AvgIpc) is 3.56. The highest BCUT2D eigenvalue weighted by molar-refractivity contribution is 6.27. The second kappa shape index (κ2) is 11.9. The van der Waals surface area contributed by atoms with Gasteiger partial charge in [-0.2, -0.15) is 0 Å². The second-order valence-corrected chi connectivity index (χ2v) is 12.6. The molecular formula is C46H29N5. The minimum atomic E-state index is 0.620. The summed E-state index contributed by atoms with van der Waals surface area (Å²) in [5, 5.41) is 5.65. The number of aromatic nitrogens is 5. The predicted octanol–water partition coefficient (Wildman–Crippen LogP) is 11.3. The van der Waals surface area contributed by atoms with Gasteiger partial charge in [-0.3, -0.25) is 0 Å². The fraction of sp³-hybridized carbons (Fsp3) is 0. The molecule has 0 fully saturated rings. The van der Waals surface area contributed by atoms with Gasteiger partial charge in [-0.1, -0.05) is 152 Å². The number of hydrogen-bond acceptors (Lipinski definition) is 4. The quantitative estimate of drug-likeness (QED) is 0.174. The van der Waals surface area contributed by atoms with Gasteiger partial charge in [0, 0.05) is 54.9 Å². The van der Waals surface area contributed by atoms with Crippen molar-refractivity contribution in [1.82, 2.24) is 24.5 Å². The molecule has 0 unspecified atom stereocenters. The molecule has 0 radical (unpaired) electrons. The largest absolute Gasteiger partial charge is 0.308 e. The lowest BCUT2D eigenvalue weighted by Gasteiger charge is -2.15. The van der Waals surface area contributed by atoms with E-state index < -0.39 is 0 Å². The van der Waals surface area contributed by atoms with E-state index in [9.17, 15) is 0 Å². The van der Waals surface area contributed by atoms with Crippen molar-refractivity contribution in [2.45, 2.75) is 0 Å². The highest BCUT2D eigenvalue weighted by Gasteiger charge is 2.23. The Balaban J connectivity index is 1.37. The van der Waals surface area contributed by atoms with E-state index in [1.165, 1.54) is 0 Å². The van der Waals surface area contributed by atoms with Crippen molar-refractivity contribution in [3.05, 3.63) is 176 Å². The highest BCUT2D eigenvalue weighted by Crippen LogP contribution is 2.44. The molecule has 0 bridgehead atoms. The molecule has 0 aliphatic heterocycles. The smallest absolute Gasteiger partial charge is 0.166 e. The molecule has 0 N–H and O–H groups in total. The first-order valence-corrected chi connectivity index (χ1v) is 17.1. The number of rotatable bonds is 5. The summed E-state index contributed by atoms with van der Waals surface area (Å²) in [6.45, 7) is 0. The van der Waals surface area contributed by atoms with Crippen molar-refractivity contribution in [3.8, 4) is 51.1 Å². The zero-order valence-corrected chi connectivity index (χ0v) is 27.5. The molecule has 3 heterocycles. The molecule has 0 amide bonds. The third-order valence-electron chi connectivity index (χ3n) is 9.61. The first-order valence-electron chi connectivity index (χ1n) is 17.1. The molecule has 0 aliphatic carbocycles. The third-order valence-corrected chi connectivity index (χ3v) is 9.61. The molecule has 238 valence electrons. The van der Waals surface area contributed by atoms with Crippen LogP contribution in [-0.4, -0.2) is 24.5 Å². The monoisotopic (exact) mass is 651 g/mol. The first-order chi connectivity index (χ1) is 25.3. The number of hydrogen-bond donors (Lipinski definition) is 0. The third kappa shape index (κ3) is 4.78. The molecule has 5 nitrogen and oxygen atoms in total. The highest BCUT2D eigenvalue weighted by atomic mass is 15.0. The molecule has 0 aliphatic rings. The van der Waals surface area contributed by atoms with Gasteiger partial charge in [-0.15, -0.1) is 0 Å². The average molecular weight is 652 g/mol. The Bertz CT molecular complexity index is 2830. The van der Waals surface area contributed by atoms with E-state index in [-0.39, 0.29) is 0 Å². The van der Waals surface area contributed by atoms with Crippen LogP contribution in [0.5, 0.6) is 0 Å². The van der Waals surface area contributed by atoms with Gasteiger partial charge < -0.3 is 4.57 Å². The first kappa shape index (κ1) is 29.0. The van der Waals surface area contributed by atoms with Crippen LogP contribution in [0.1, 0.15) is 0 Å². The predicted molar refractivity (Wildman–Crippen MR) is 209 cm³/mol. The van der Waals surface area contributed by atoms with Gasteiger partial charge in [-0.25, -0.2) is 19.9 Å². The van der Waals surface area contributed by atoms with Gasteiger partial charge in [-0.05, 0) is 24.3 Å². The summed E-state index contributed by atoms with van der Waals surface area (Å²) in [6.07, 6.45) is 0. The second-order valence-electron chi connectivity index (χ2n) is 12.6. The number of benzene rings is 7. The summed E-state index contributed by atoms with van der Waals surface area (Å²) < 4.78 is 2.40. The lowest BCUT2D eigenvalue weighted by Crippen LogP contribution is -2.02. The minimum Gasteiger partial charge on any atom is -0.308 e.